The number of aromatic nitrogens is 1. The average molecular weight is 488 g/mol. The molecule has 0 radical (unpaired) electrons. The van der Waals surface area contributed by atoms with Crippen LogP contribution in [0.3, 0.4) is 0 Å². The quantitative estimate of drug-likeness (QED) is 0.376. The first-order chi connectivity index (χ1) is 15.7. The zero-order valence-electron chi connectivity index (χ0n) is 17.7. The Hall–Kier alpha value is -3.23. The maximum Gasteiger partial charge on any atom is 0.260 e. The summed E-state index contributed by atoms with van der Waals surface area (Å²) in [6.07, 6.45) is 1.50. The van der Waals surface area contributed by atoms with Crippen molar-refractivity contribution in [1.82, 2.24) is 4.98 Å². The second-order valence-electron chi connectivity index (χ2n) is 8.47. The van der Waals surface area contributed by atoms with Crippen molar-refractivity contribution in [2.75, 3.05) is 21.3 Å². The SMILES string of the molecule is CC1(C)Cc2c3c(cc(C(=O)Nc4ccc(Cl)cn4)c2O1)NC(Nc1c(F)cccc1Cl)N3. The van der Waals surface area contributed by atoms with E-state index in [1.807, 2.05) is 13.8 Å². The number of hydrogen-bond donors (Lipinski definition) is 4. The number of benzene rings is 2. The molecule has 7 nitrogen and oxygen atoms in total. The molecule has 1 unspecified atom stereocenters. The standard InChI is InChI=1S/C23H20Cl2FN5O2/c1-23(2)9-13-18-16(28-22(30-18)31-19-14(25)4-3-5-15(19)26)8-12(20(13)33-23)21(32)29-17-7-6-11(24)10-27-17/h3-8,10,22,28,30-31H,9H2,1-2H3,(H,27,29,32). The van der Waals surface area contributed by atoms with Gasteiger partial charge >= 0.3 is 0 Å². The summed E-state index contributed by atoms with van der Waals surface area (Å²) < 4.78 is 20.4. The number of nitrogens with one attached hydrogen (secondary N) is 4. The van der Waals surface area contributed by atoms with Gasteiger partial charge in [0.05, 0.1) is 32.7 Å². The van der Waals surface area contributed by atoms with Gasteiger partial charge in [0, 0.05) is 18.2 Å². The van der Waals surface area contributed by atoms with Crippen LogP contribution in [0.5, 0.6) is 5.75 Å². The summed E-state index contributed by atoms with van der Waals surface area (Å²) in [5, 5.41) is 13.1. The summed E-state index contributed by atoms with van der Waals surface area (Å²) in [5.41, 5.74) is 2.40. The Morgan fingerprint density at radius 3 is 2.79 bits per heavy atom. The van der Waals surface area contributed by atoms with Gasteiger partial charge in [0.2, 0.25) is 0 Å². The Labute approximate surface area is 199 Å². The molecular weight excluding hydrogens is 468 g/mol. The fourth-order valence-electron chi connectivity index (χ4n) is 4.01. The van der Waals surface area contributed by atoms with Gasteiger partial charge in [-0.2, -0.15) is 0 Å². The van der Waals surface area contributed by atoms with Crippen LogP contribution < -0.4 is 26.0 Å². The molecule has 2 aromatic carbocycles. The second kappa shape index (κ2) is 7.97. The maximum atomic E-state index is 14.3. The van der Waals surface area contributed by atoms with Gasteiger partial charge in [0.25, 0.3) is 5.91 Å². The van der Waals surface area contributed by atoms with Gasteiger partial charge in [-0.3, -0.25) is 4.79 Å². The molecule has 3 heterocycles. The minimum atomic E-state index is -0.543. The summed E-state index contributed by atoms with van der Waals surface area (Å²) >= 11 is 12.0. The molecule has 1 amide bonds. The van der Waals surface area contributed by atoms with E-state index in [2.05, 4.69) is 26.3 Å². The Morgan fingerprint density at radius 2 is 2.06 bits per heavy atom. The van der Waals surface area contributed by atoms with Crippen molar-refractivity contribution < 1.29 is 13.9 Å². The highest BCUT2D eigenvalue weighted by Gasteiger charge is 2.39. The van der Waals surface area contributed by atoms with Crippen LogP contribution in [0.1, 0.15) is 29.8 Å². The van der Waals surface area contributed by atoms with Gasteiger partial charge in [0.1, 0.15) is 23.0 Å². The zero-order valence-corrected chi connectivity index (χ0v) is 19.2. The minimum absolute atomic E-state index is 0.178. The second-order valence-corrected chi connectivity index (χ2v) is 9.31. The molecule has 0 bridgehead atoms. The van der Waals surface area contributed by atoms with Crippen LogP contribution in [0.4, 0.5) is 27.3 Å². The van der Waals surface area contributed by atoms with Crippen molar-refractivity contribution in [2.45, 2.75) is 32.2 Å². The van der Waals surface area contributed by atoms with Gasteiger partial charge in [-0.1, -0.05) is 29.3 Å². The number of amides is 1. The number of anilines is 4. The minimum Gasteiger partial charge on any atom is -0.486 e. The van der Waals surface area contributed by atoms with Crippen LogP contribution in [0.25, 0.3) is 0 Å². The van der Waals surface area contributed by atoms with E-state index in [0.29, 0.717) is 34.3 Å². The first-order valence-electron chi connectivity index (χ1n) is 10.3. The number of fused-ring (bicyclic) bond motifs is 3. The first-order valence-corrected chi connectivity index (χ1v) is 11.0. The monoisotopic (exact) mass is 487 g/mol. The van der Waals surface area contributed by atoms with E-state index in [4.69, 9.17) is 27.9 Å². The molecule has 33 heavy (non-hydrogen) atoms. The Morgan fingerprint density at radius 1 is 1.24 bits per heavy atom. The van der Waals surface area contributed by atoms with Crippen molar-refractivity contribution >= 4 is 52.0 Å². The topological polar surface area (TPSA) is 87.3 Å². The Kier molecular flexibility index (Phi) is 5.22. The first kappa shape index (κ1) is 21.6. The normalized spacial score (nSPS) is 17.3. The Balaban J connectivity index is 1.47. The smallest absolute Gasteiger partial charge is 0.260 e. The lowest BCUT2D eigenvalue weighted by Gasteiger charge is -2.18. The summed E-state index contributed by atoms with van der Waals surface area (Å²) in [5.74, 6) is 0.0454. The molecule has 0 spiro atoms. The zero-order chi connectivity index (χ0) is 23.3. The fourth-order valence-corrected chi connectivity index (χ4v) is 4.34. The number of rotatable bonds is 4. The number of para-hydroxylation sites is 1. The van der Waals surface area contributed by atoms with Crippen molar-refractivity contribution in [3.05, 3.63) is 69.6 Å². The number of nitrogens with zero attached hydrogens (tertiary/aromatic N) is 1. The van der Waals surface area contributed by atoms with Gasteiger partial charge < -0.3 is 26.0 Å². The van der Waals surface area contributed by atoms with Crippen molar-refractivity contribution in [2.24, 2.45) is 0 Å². The van der Waals surface area contributed by atoms with Crippen LogP contribution in [0.2, 0.25) is 10.0 Å². The Bertz CT molecular complexity index is 1250. The predicted octanol–water partition coefficient (Wildman–Crippen LogP) is 5.73. The molecular formula is C23H20Cl2FN5O2. The molecule has 0 fully saturated rings. The number of hydrogen-bond acceptors (Lipinski definition) is 6. The molecule has 2 aliphatic heterocycles. The summed E-state index contributed by atoms with van der Waals surface area (Å²) in [6.45, 7) is 3.91. The highest BCUT2D eigenvalue weighted by molar-refractivity contribution is 6.33. The van der Waals surface area contributed by atoms with Crippen LogP contribution >= 0.6 is 23.2 Å². The van der Waals surface area contributed by atoms with Gasteiger partial charge in [-0.15, -0.1) is 0 Å². The molecule has 0 saturated carbocycles. The molecule has 10 heteroatoms. The molecule has 1 atom stereocenters. The van der Waals surface area contributed by atoms with Gasteiger partial charge in [-0.25, -0.2) is 9.37 Å². The van der Waals surface area contributed by atoms with E-state index in [-0.39, 0.29) is 16.6 Å². The average Bonchev–Trinajstić information content (AvgIpc) is 3.31. The molecule has 4 N–H and O–H groups in total. The third kappa shape index (κ3) is 4.12. The van der Waals surface area contributed by atoms with E-state index in [1.165, 1.54) is 12.3 Å². The number of carbonyl (C=O) groups is 1. The van der Waals surface area contributed by atoms with Gasteiger partial charge in [-0.05, 0) is 44.2 Å². The lowest BCUT2D eigenvalue weighted by atomic mass is 9.97. The molecule has 0 aliphatic carbocycles. The summed E-state index contributed by atoms with van der Waals surface area (Å²) in [6, 6.07) is 9.45. The highest BCUT2D eigenvalue weighted by Crippen LogP contribution is 2.48. The van der Waals surface area contributed by atoms with E-state index in [1.54, 1.807) is 30.3 Å². The largest absolute Gasteiger partial charge is 0.486 e. The number of halogens is 3. The predicted molar refractivity (Wildman–Crippen MR) is 128 cm³/mol. The van der Waals surface area contributed by atoms with Crippen molar-refractivity contribution in [1.29, 1.82) is 0 Å². The maximum absolute atomic E-state index is 14.3. The van der Waals surface area contributed by atoms with E-state index in [0.717, 1.165) is 11.3 Å². The van der Waals surface area contributed by atoms with Gasteiger partial charge in [0.15, 0.2) is 6.29 Å². The fraction of sp³-hybridized carbons (Fsp3) is 0.217. The molecule has 170 valence electrons. The van der Waals surface area contributed by atoms with Crippen molar-refractivity contribution in [3.8, 4) is 5.75 Å². The highest BCUT2D eigenvalue weighted by atomic mass is 35.5. The molecule has 3 aromatic rings. The van der Waals surface area contributed by atoms with E-state index >= 15 is 0 Å². The van der Waals surface area contributed by atoms with Crippen LogP contribution in [0.15, 0.2) is 42.6 Å². The van der Waals surface area contributed by atoms with Crippen LogP contribution in [0, 0.1) is 5.82 Å². The van der Waals surface area contributed by atoms with E-state index < -0.39 is 17.7 Å². The molecule has 2 aliphatic rings. The summed E-state index contributed by atoms with van der Waals surface area (Å²) in [4.78, 5) is 17.3. The lowest BCUT2D eigenvalue weighted by Crippen LogP contribution is -2.32. The summed E-state index contributed by atoms with van der Waals surface area (Å²) in [7, 11) is 0. The number of pyridine rings is 1. The third-order valence-corrected chi connectivity index (χ3v) is 5.95. The number of ether oxygens (including phenoxy) is 1. The van der Waals surface area contributed by atoms with Crippen LogP contribution in [-0.2, 0) is 6.42 Å². The molecule has 5 rings (SSSR count). The van der Waals surface area contributed by atoms with Crippen LogP contribution in [-0.4, -0.2) is 22.8 Å². The lowest BCUT2D eigenvalue weighted by molar-refractivity contribution is 0.101. The number of carbonyl (C=O) groups excluding carboxylic acids is 1. The third-order valence-electron chi connectivity index (χ3n) is 5.41. The van der Waals surface area contributed by atoms with Crippen molar-refractivity contribution in [3.63, 3.8) is 0 Å². The molecule has 0 saturated heterocycles. The van der Waals surface area contributed by atoms with E-state index in [9.17, 15) is 9.18 Å². The molecule has 1 aromatic heterocycles.